The zero-order chi connectivity index (χ0) is 15.1. The first-order valence-electron chi connectivity index (χ1n) is 6.90. The second-order valence-corrected chi connectivity index (χ2v) is 5.35. The van der Waals surface area contributed by atoms with Crippen molar-refractivity contribution in [1.29, 1.82) is 0 Å². The van der Waals surface area contributed by atoms with Gasteiger partial charge in [-0.25, -0.2) is 4.58 Å². The quantitative estimate of drug-likeness (QED) is 0.777. The van der Waals surface area contributed by atoms with Crippen molar-refractivity contribution in [2.75, 3.05) is 27.8 Å². The van der Waals surface area contributed by atoms with E-state index in [-0.39, 0.29) is 11.9 Å². The Hall–Kier alpha value is -2.30. The lowest BCUT2D eigenvalue weighted by molar-refractivity contribution is -0.484. The SMILES string of the molecule is COc1ccc(OC)c2c1C=C1C=[N+](C)CC(=O)N1[C@H]2C. The van der Waals surface area contributed by atoms with Gasteiger partial charge in [0, 0.05) is 11.1 Å². The summed E-state index contributed by atoms with van der Waals surface area (Å²) in [6.07, 6.45) is 3.98. The van der Waals surface area contributed by atoms with Gasteiger partial charge in [0.05, 0.1) is 20.3 Å². The van der Waals surface area contributed by atoms with Crippen molar-refractivity contribution in [2.24, 2.45) is 0 Å². The number of ether oxygens (including phenoxy) is 2. The normalized spacial score (nSPS) is 20.3. The number of amides is 1. The second kappa shape index (κ2) is 4.91. The largest absolute Gasteiger partial charge is 0.496 e. The average Bonchev–Trinajstić information content (AvgIpc) is 2.45. The van der Waals surface area contributed by atoms with Crippen LogP contribution >= 0.6 is 0 Å². The monoisotopic (exact) mass is 287 g/mol. The molecule has 1 aromatic rings. The van der Waals surface area contributed by atoms with Crippen LogP contribution in [0.25, 0.3) is 6.08 Å². The molecule has 0 saturated heterocycles. The van der Waals surface area contributed by atoms with Crippen molar-refractivity contribution in [2.45, 2.75) is 13.0 Å². The summed E-state index contributed by atoms with van der Waals surface area (Å²) in [5.74, 6) is 1.66. The molecule has 0 N–H and O–H groups in total. The fraction of sp³-hybridized carbons (Fsp3) is 0.375. The zero-order valence-electron chi connectivity index (χ0n) is 12.7. The Kier molecular flexibility index (Phi) is 3.20. The zero-order valence-corrected chi connectivity index (χ0v) is 12.7. The van der Waals surface area contributed by atoms with Gasteiger partial charge in [-0.15, -0.1) is 0 Å². The molecule has 0 saturated carbocycles. The maximum absolute atomic E-state index is 12.4. The molecular weight excluding hydrogens is 268 g/mol. The van der Waals surface area contributed by atoms with E-state index in [2.05, 4.69) is 0 Å². The van der Waals surface area contributed by atoms with Crippen LogP contribution in [-0.2, 0) is 4.79 Å². The van der Waals surface area contributed by atoms with Crippen LogP contribution in [0.5, 0.6) is 11.5 Å². The van der Waals surface area contributed by atoms with Gasteiger partial charge in [0.1, 0.15) is 24.2 Å². The Morgan fingerprint density at radius 1 is 1.24 bits per heavy atom. The number of allylic oxidation sites excluding steroid dienone is 1. The number of carbonyl (C=O) groups is 1. The average molecular weight is 287 g/mol. The first-order valence-corrected chi connectivity index (χ1v) is 6.90. The van der Waals surface area contributed by atoms with Crippen molar-refractivity contribution >= 4 is 18.2 Å². The third-order valence-electron chi connectivity index (χ3n) is 4.03. The van der Waals surface area contributed by atoms with Crippen molar-refractivity contribution < 1.29 is 18.8 Å². The van der Waals surface area contributed by atoms with E-state index in [0.29, 0.717) is 6.54 Å². The van der Waals surface area contributed by atoms with E-state index in [9.17, 15) is 4.79 Å². The number of likely N-dealkylation sites (N-methyl/N-ethyl adjacent to an activating group) is 1. The molecule has 2 aliphatic heterocycles. The van der Waals surface area contributed by atoms with E-state index in [4.69, 9.17) is 9.47 Å². The number of methoxy groups -OCH3 is 2. The van der Waals surface area contributed by atoms with Crippen LogP contribution in [0.2, 0.25) is 0 Å². The number of rotatable bonds is 2. The molecule has 5 nitrogen and oxygen atoms in total. The highest BCUT2D eigenvalue weighted by molar-refractivity contribution is 5.96. The standard InChI is InChI=1S/C16H19N2O3/c1-10-16-12(13(20-3)5-6-14(16)21-4)7-11-8-17(2)9-15(19)18(10)11/h5-8,10H,9H2,1-4H3/q+1/t10-/m0/s1. The molecule has 0 aromatic heterocycles. The van der Waals surface area contributed by atoms with Gasteiger partial charge in [-0.05, 0) is 25.1 Å². The summed E-state index contributed by atoms with van der Waals surface area (Å²) in [5, 5.41) is 0. The van der Waals surface area contributed by atoms with Gasteiger partial charge in [-0.3, -0.25) is 9.69 Å². The predicted molar refractivity (Wildman–Crippen MR) is 79.9 cm³/mol. The highest BCUT2D eigenvalue weighted by Crippen LogP contribution is 2.43. The number of benzene rings is 1. The molecule has 0 fully saturated rings. The van der Waals surface area contributed by atoms with Gasteiger partial charge in [0.25, 0.3) is 5.91 Å². The van der Waals surface area contributed by atoms with Crippen LogP contribution in [0.4, 0.5) is 0 Å². The maximum Gasteiger partial charge on any atom is 0.293 e. The lowest BCUT2D eigenvalue weighted by Gasteiger charge is -2.36. The smallest absolute Gasteiger partial charge is 0.293 e. The van der Waals surface area contributed by atoms with Gasteiger partial charge >= 0.3 is 0 Å². The Balaban J connectivity index is 2.27. The van der Waals surface area contributed by atoms with Crippen molar-refractivity contribution in [3.63, 3.8) is 0 Å². The van der Waals surface area contributed by atoms with Gasteiger partial charge in [-0.2, -0.15) is 0 Å². The van der Waals surface area contributed by atoms with Crippen LogP contribution in [0, 0.1) is 0 Å². The topological polar surface area (TPSA) is 41.8 Å². The Morgan fingerprint density at radius 2 is 1.90 bits per heavy atom. The van der Waals surface area contributed by atoms with Crippen LogP contribution in [0.15, 0.2) is 17.8 Å². The molecule has 0 radical (unpaired) electrons. The molecular formula is C16H19N2O3+. The summed E-state index contributed by atoms with van der Waals surface area (Å²) in [4.78, 5) is 14.2. The number of nitrogens with zero attached hydrogens (tertiary/aromatic N) is 2. The van der Waals surface area contributed by atoms with Crippen molar-refractivity contribution in [1.82, 2.24) is 4.90 Å². The van der Waals surface area contributed by atoms with E-state index in [1.807, 2.05) is 47.9 Å². The summed E-state index contributed by atoms with van der Waals surface area (Å²) < 4.78 is 12.8. The highest BCUT2D eigenvalue weighted by atomic mass is 16.5. The fourth-order valence-electron chi connectivity index (χ4n) is 3.12. The Morgan fingerprint density at radius 3 is 2.57 bits per heavy atom. The third kappa shape index (κ3) is 2.00. The molecule has 0 spiro atoms. The molecule has 3 rings (SSSR count). The number of hydrogen-bond acceptors (Lipinski definition) is 3. The minimum absolute atomic E-state index is 0.0810. The fourth-order valence-corrected chi connectivity index (χ4v) is 3.12. The minimum atomic E-state index is -0.0810. The van der Waals surface area contributed by atoms with E-state index in [1.54, 1.807) is 14.2 Å². The summed E-state index contributed by atoms with van der Waals surface area (Å²) in [7, 11) is 5.20. The second-order valence-electron chi connectivity index (χ2n) is 5.35. The maximum atomic E-state index is 12.4. The highest BCUT2D eigenvalue weighted by Gasteiger charge is 2.37. The Bertz CT molecular complexity index is 676. The number of hydrogen-bond donors (Lipinski definition) is 0. The number of carbonyl (C=O) groups excluding carboxylic acids is 1. The lowest BCUT2D eigenvalue weighted by atomic mass is 9.92. The van der Waals surface area contributed by atoms with Crippen LogP contribution in [0.1, 0.15) is 24.1 Å². The van der Waals surface area contributed by atoms with E-state index in [1.165, 1.54) is 0 Å². The van der Waals surface area contributed by atoms with Gasteiger partial charge < -0.3 is 9.47 Å². The molecule has 0 bridgehead atoms. The number of fused-ring (bicyclic) bond motifs is 2. The molecule has 2 heterocycles. The molecule has 1 atom stereocenters. The molecule has 1 amide bonds. The van der Waals surface area contributed by atoms with Crippen LogP contribution in [0.3, 0.4) is 0 Å². The molecule has 110 valence electrons. The first kappa shape index (κ1) is 13.7. The molecule has 5 heteroatoms. The third-order valence-corrected chi connectivity index (χ3v) is 4.03. The molecule has 1 aromatic carbocycles. The lowest BCUT2D eigenvalue weighted by Crippen LogP contribution is -2.44. The van der Waals surface area contributed by atoms with Gasteiger partial charge in [-0.1, -0.05) is 0 Å². The minimum Gasteiger partial charge on any atom is -0.496 e. The van der Waals surface area contributed by atoms with Crippen molar-refractivity contribution in [3.05, 3.63) is 29.0 Å². The summed E-state index contributed by atoms with van der Waals surface area (Å²) in [6, 6.07) is 3.70. The summed E-state index contributed by atoms with van der Waals surface area (Å²) in [6.45, 7) is 2.41. The van der Waals surface area contributed by atoms with E-state index >= 15 is 0 Å². The van der Waals surface area contributed by atoms with Crippen LogP contribution in [-0.4, -0.2) is 49.4 Å². The van der Waals surface area contributed by atoms with E-state index < -0.39 is 0 Å². The van der Waals surface area contributed by atoms with Gasteiger partial charge in [0.2, 0.25) is 6.54 Å². The molecule has 21 heavy (non-hydrogen) atoms. The predicted octanol–water partition coefficient (Wildman–Crippen LogP) is 1.67. The van der Waals surface area contributed by atoms with Gasteiger partial charge in [0.15, 0.2) is 6.21 Å². The summed E-state index contributed by atoms with van der Waals surface area (Å²) >= 11 is 0. The molecule has 2 aliphatic rings. The summed E-state index contributed by atoms with van der Waals surface area (Å²) in [5.41, 5.74) is 2.86. The Labute approximate surface area is 124 Å². The van der Waals surface area contributed by atoms with Crippen LogP contribution < -0.4 is 9.47 Å². The first-order chi connectivity index (χ1) is 10.1. The molecule has 0 unspecified atom stereocenters. The van der Waals surface area contributed by atoms with E-state index in [0.717, 1.165) is 28.3 Å². The molecule has 0 aliphatic carbocycles. The van der Waals surface area contributed by atoms with Crippen molar-refractivity contribution in [3.8, 4) is 11.5 Å².